The van der Waals surface area contributed by atoms with Crippen LogP contribution in [0.5, 0.6) is 0 Å². The van der Waals surface area contributed by atoms with Gasteiger partial charge < -0.3 is 8.98 Å². The summed E-state index contributed by atoms with van der Waals surface area (Å²) in [6.45, 7) is 0.0400. The van der Waals surface area contributed by atoms with Crippen molar-refractivity contribution in [3.05, 3.63) is 70.2 Å². The number of halogens is 1. The van der Waals surface area contributed by atoms with Gasteiger partial charge in [-0.2, -0.15) is 5.26 Å². The fourth-order valence-corrected chi connectivity index (χ4v) is 2.01. The van der Waals surface area contributed by atoms with Gasteiger partial charge in [0.1, 0.15) is 5.82 Å². The molecular formula is C15H9FN4O2. The zero-order valence-corrected chi connectivity index (χ0v) is 11.2. The Kier molecular flexibility index (Phi) is 3.50. The molecule has 1 aromatic carbocycles. The first-order valence-corrected chi connectivity index (χ1v) is 6.33. The molecule has 0 saturated carbocycles. The van der Waals surface area contributed by atoms with Gasteiger partial charge in [0.05, 0.1) is 23.7 Å². The quantitative estimate of drug-likeness (QED) is 0.737. The maximum atomic E-state index is 13.9. The van der Waals surface area contributed by atoms with Gasteiger partial charge in [-0.1, -0.05) is 6.07 Å². The van der Waals surface area contributed by atoms with Crippen LogP contribution in [0.3, 0.4) is 0 Å². The highest BCUT2D eigenvalue weighted by molar-refractivity contribution is 5.50. The molecule has 3 aromatic rings. The normalized spacial score (nSPS) is 10.4. The lowest BCUT2D eigenvalue weighted by atomic mass is 10.1. The minimum Gasteiger partial charge on any atom is -0.423 e. The number of hydrogen-bond donors (Lipinski definition) is 0. The van der Waals surface area contributed by atoms with Gasteiger partial charge >= 0.3 is 0 Å². The third-order valence-corrected chi connectivity index (χ3v) is 3.11. The molecule has 22 heavy (non-hydrogen) atoms. The average Bonchev–Trinajstić information content (AvgIpc) is 3.05. The number of hydrogen-bond acceptors (Lipinski definition) is 5. The fourth-order valence-electron chi connectivity index (χ4n) is 2.01. The summed E-state index contributed by atoms with van der Waals surface area (Å²) in [5.74, 6) is -0.261. The van der Waals surface area contributed by atoms with Gasteiger partial charge in [0.25, 0.3) is 5.56 Å². The van der Waals surface area contributed by atoms with E-state index in [2.05, 4.69) is 10.2 Å². The second kappa shape index (κ2) is 5.61. The number of aromatic nitrogens is 3. The Morgan fingerprint density at radius 3 is 2.86 bits per heavy atom. The topological polar surface area (TPSA) is 84.7 Å². The molecule has 0 aliphatic carbocycles. The van der Waals surface area contributed by atoms with Gasteiger partial charge in [0.2, 0.25) is 12.3 Å². The molecule has 0 saturated heterocycles. The van der Waals surface area contributed by atoms with Gasteiger partial charge in [-0.25, -0.2) is 4.39 Å². The number of nitriles is 1. The first-order chi connectivity index (χ1) is 10.7. The summed E-state index contributed by atoms with van der Waals surface area (Å²) in [6.07, 6.45) is 2.71. The van der Waals surface area contributed by atoms with E-state index in [9.17, 15) is 9.18 Å². The minimum atomic E-state index is -0.533. The van der Waals surface area contributed by atoms with Crippen molar-refractivity contribution in [1.82, 2.24) is 14.8 Å². The Morgan fingerprint density at radius 2 is 2.18 bits per heavy atom. The van der Waals surface area contributed by atoms with Crippen LogP contribution in [-0.2, 0) is 6.54 Å². The molecule has 0 amide bonds. The van der Waals surface area contributed by atoms with E-state index in [4.69, 9.17) is 9.68 Å². The van der Waals surface area contributed by atoms with E-state index >= 15 is 0 Å². The standard InChI is InChI=1S/C15H9FN4O2/c16-13-5-10(6-17)1-2-11(13)7-20-8-12(3-4-14(20)21)15-19-18-9-22-15/h1-5,8-9H,7H2. The maximum Gasteiger partial charge on any atom is 0.250 e. The molecule has 0 atom stereocenters. The molecule has 7 heteroatoms. The van der Waals surface area contributed by atoms with Crippen molar-refractivity contribution in [2.24, 2.45) is 0 Å². The minimum absolute atomic E-state index is 0.0400. The summed E-state index contributed by atoms with van der Waals surface area (Å²) in [5.41, 5.74) is 0.815. The lowest BCUT2D eigenvalue weighted by Crippen LogP contribution is -2.19. The fraction of sp³-hybridized carbons (Fsp3) is 0.0667. The van der Waals surface area contributed by atoms with Gasteiger partial charge in [-0.3, -0.25) is 4.79 Å². The lowest BCUT2D eigenvalue weighted by molar-refractivity contribution is 0.566. The zero-order valence-electron chi connectivity index (χ0n) is 11.2. The summed E-state index contributed by atoms with van der Waals surface area (Å²) >= 11 is 0. The van der Waals surface area contributed by atoms with Crippen molar-refractivity contribution >= 4 is 0 Å². The van der Waals surface area contributed by atoms with Crippen LogP contribution in [0.1, 0.15) is 11.1 Å². The van der Waals surface area contributed by atoms with Crippen LogP contribution >= 0.6 is 0 Å². The van der Waals surface area contributed by atoms with Crippen LogP contribution in [0.25, 0.3) is 11.5 Å². The van der Waals surface area contributed by atoms with Crippen molar-refractivity contribution in [2.45, 2.75) is 6.54 Å². The van der Waals surface area contributed by atoms with E-state index in [0.29, 0.717) is 11.1 Å². The molecule has 2 heterocycles. The Bertz CT molecular complexity index is 910. The van der Waals surface area contributed by atoms with E-state index in [1.165, 1.54) is 35.4 Å². The van der Waals surface area contributed by atoms with Crippen molar-refractivity contribution in [3.8, 4) is 17.5 Å². The predicted molar refractivity (Wildman–Crippen MR) is 74.2 cm³/mol. The van der Waals surface area contributed by atoms with E-state index in [0.717, 1.165) is 6.07 Å². The zero-order chi connectivity index (χ0) is 15.5. The van der Waals surface area contributed by atoms with Crippen LogP contribution in [0.2, 0.25) is 0 Å². The molecule has 6 nitrogen and oxygen atoms in total. The van der Waals surface area contributed by atoms with Crippen molar-refractivity contribution in [3.63, 3.8) is 0 Å². The average molecular weight is 296 g/mol. The third kappa shape index (κ3) is 2.62. The molecule has 108 valence electrons. The highest BCUT2D eigenvalue weighted by Gasteiger charge is 2.09. The second-order valence-electron chi connectivity index (χ2n) is 4.55. The second-order valence-corrected chi connectivity index (χ2v) is 4.55. The highest BCUT2D eigenvalue weighted by atomic mass is 19.1. The van der Waals surface area contributed by atoms with Crippen molar-refractivity contribution in [1.29, 1.82) is 5.26 Å². The molecule has 0 spiro atoms. The molecule has 0 aliphatic heterocycles. The molecule has 2 aromatic heterocycles. The molecular weight excluding hydrogens is 287 g/mol. The molecule has 0 aliphatic rings. The van der Waals surface area contributed by atoms with Crippen LogP contribution < -0.4 is 5.56 Å². The van der Waals surface area contributed by atoms with Crippen molar-refractivity contribution < 1.29 is 8.81 Å². The monoisotopic (exact) mass is 296 g/mol. The number of nitrogens with zero attached hydrogens (tertiary/aromatic N) is 4. The summed E-state index contributed by atoms with van der Waals surface area (Å²) < 4.78 is 20.3. The Hall–Kier alpha value is -3.27. The van der Waals surface area contributed by atoms with Crippen LogP contribution in [0.4, 0.5) is 4.39 Å². The first-order valence-electron chi connectivity index (χ1n) is 6.33. The Morgan fingerprint density at radius 1 is 1.32 bits per heavy atom. The van der Waals surface area contributed by atoms with E-state index in [1.807, 2.05) is 6.07 Å². The molecule has 0 radical (unpaired) electrons. The number of rotatable bonds is 3. The Balaban J connectivity index is 1.97. The highest BCUT2D eigenvalue weighted by Crippen LogP contribution is 2.15. The molecule has 0 bridgehead atoms. The molecule has 0 N–H and O–H groups in total. The van der Waals surface area contributed by atoms with Gasteiger partial charge in [-0.15, -0.1) is 10.2 Å². The maximum absolute atomic E-state index is 13.9. The predicted octanol–water partition coefficient (Wildman–Crippen LogP) is 1.96. The smallest absolute Gasteiger partial charge is 0.250 e. The van der Waals surface area contributed by atoms with Crippen molar-refractivity contribution in [2.75, 3.05) is 0 Å². The molecule has 3 rings (SSSR count). The molecule has 0 unspecified atom stereocenters. The summed E-state index contributed by atoms with van der Waals surface area (Å²) in [7, 11) is 0. The van der Waals surface area contributed by atoms with Crippen LogP contribution in [0, 0.1) is 17.1 Å². The van der Waals surface area contributed by atoms with E-state index in [1.54, 1.807) is 6.07 Å². The first kappa shape index (κ1) is 13.7. The van der Waals surface area contributed by atoms with E-state index < -0.39 is 5.82 Å². The lowest BCUT2D eigenvalue weighted by Gasteiger charge is -2.08. The third-order valence-electron chi connectivity index (χ3n) is 3.11. The number of benzene rings is 1. The SMILES string of the molecule is N#Cc1ccc(Cn2cc(-c3nnco3)ccc2=O)c(F)c1. The van der Waals surface area contributed by atoms with Crippen LogP contribution in [-0.4, -0.2) is 14.8 Å². The number of pyridine rings is 1. The van der Waals surface area contributed by atoms with Gasteiger partial charge in [0.15, 0.2) is 0 Å². The van der Waals surface area contributed by atoms with Crippen LogP contribution in [0.15, 0.2) is 52.1 Å². The molecule has 0 fully saturated rings. The summed E-state index contributed by atoms with van der Waals surface area (Å²) in [6, 6.07) is 8.90. The van der Waals surface area contributed by atoms with E-state index in [-0.39, 0.29) is 23.6 Å². The largest absolute Gasteiger partial charge is 0.423 e. The summed E-state index contributed by atoms with van der Waals surface area (Å²) in [5, 5.41) is 16.1. The van der Waals surface area contributed by atoms with Gasteiger partial charge in [0, 0.05) is 17.8 Å². The Labute approximate surface area is 124 Å². The van der Waals surface area contributed by atoms with Gasteiger partial charge in [-0.05, 0) is 18.2 Å². The summed E-state index contributed by atoms with van der Waals surface area (Å²) in [4.78, 5) is 11.9.